The number of aromatic amines is 1. The third kappa shape index (κ3) is 2.90. The van der Waals surface area contributed by atoms with Crippen LogP contribution in [0.2, 0.25) is 0 Å². The van der Waals surface area contributed by atoms with E-state index < -0.39 is 5.69 Å². The molecule has 0 saturated heterocycles. The van der Waals surface area contributed by atoms with Gasteiger partial charge in [0.2, 0.25) is 0 Å². The molecule has 0 aliphatic heterocycles. The average molecular weight is 260 g/mol. The first-order chi connectivity index (χ1) is 9.13. The Morgan fingerprint density at radius 1 is 1.42 bits per heavy atom. The van der Waals surface area contributed by atoms with Crippen molar-refractivity contribution in [3.63, 3.8) is 0 Å². The molecule has 2 heterocycles. The number of hydrogen-bond acceptors (Lipinski definition) is 4. The van der Waals surface area contributed by atoms with Crippen LogP contribution in [0.25, 0.3) is 0 Å². The Labute approximate surface area is 110 Å². The molecule has 0 fully saturated rings. The summed E-state index contributed by atoms with van der Waals surface area (Å²) in [6, 6.07) is 3.70. The molecule has 100 valence electrons. The van der Waals surface area contributed by atoms with Crippen molar-refractivity contribution < 1.29 is 0 Å². The first kappa shape index (κ1) is 13.1. The van der Waals surface area contributed by atoms with Gasteiger partial charge in [-0.15, -0.1) is 0 Å². The van der Waals surface area contributed by atoms with Gasteiger partial charge < -0.3 is 5.32 Å². The highest BCUT2D eigenvalue weighted by Gasteiger charge is 2.04. The van der Waals surface area contributed by atoms with Crippen molar-refractivity contribution in [3.05, 3.63) is 56.5 Å². The Balaban J connectivity index is 2.37. The first-order valence-electron chi connectivity index (χ1n) is 6.09. The van der Waals surface area contributed by atoms with Crippen LogP contribution in [0, 0.1) is 0 Å². The molecule has 0 bridgehead atoms. The predicted molar refractivity (Wildman–Crippen MR) is 73.6 cm³/mol. The Bertz CT molecular complexity index is 688. The normalized spacial score (nSPS) is 10.4. The zero-order valence-electron chi connectivity index (χ0n) is 10.9. The molecule has 6 heteroatoms. The average Bonchev–Trinajstić information content (AvgIpc) is 2.42. The number of hydrogen-bond donors (Lipinski definition) is 2. The van der Waals surface area contributed by atoms with Crippen molar-refractivity contribution in [2.75, 3.05) is 12.4 Å². The maximum atomic E-state index is 11.7. The number of pyridine rings is 1. The molecule has 0 aromatic carbocycles. The second-order valence-electron chi connectivity index (χ2n) is 4.19. The fourth-order valence-electron chi connectivity index (χ4n) is 1.83. The van der Waals surface area contributed by atoms with Crippen LogP contribution in [0.15, 0.2) is 34.1 Å². The van der Waals surface area contributed by atoms with E-state index in [9.17, 15) is 9.59 Å². The third-order valence-corrected chi connectivity index (χ3v) is 2.90. The van der Waals surface area contributed by atoms with E-state index in [2.05, 4.69) is 15.3 Å². The van der Waals surface area contributed by atoms with E-state index in [1.165, 1.54) is 4.57 Å². The number of aromatic nitrogens is 3. The lowest BCUT2D eigenvalue weighted by Gasteiger charge is -2.08. The van der Waals surface area contributed by atoms with Crippen molar-refractivity contribution in [1.29, 1.82) is 0 Å². The largest absolute Gasteiger partial charge is 0.373 e. The van der Waals surface area contributed by atoms with Gasteiger partial charge >= 0.3 is 5.69 Å². The van der Waals surface area contributed by atoms with Gasteiger partial charge in [-0.3, -0.25) is 14.3 Å². The lowest BCUT2D eigenvalue weighted by Crippen LogP contribution is -2.31. The van der Waals surface area contributed by atoms with Gasteiger partial charge in [-0.05, 0) is 24.1 Å². The summed E-state index contributed by atoms with van der Waals surface area (Å²) in [5.41, 5.74) is 0.831. The van der Waals surface area contributed by atoms with Crippen molar-refractivity contribution >= 4 is 5.82 Å². The highest BCUT2D eigenvalue weighted by Crippen LogP contribution is 2.06. The fraction of sp³-hybridized carbons (Fsp3) is 0.308. The summed E-state index contributed by atoms with van der Waals surface area (Å²) in [5, 5.41) is 2.94. The quantitative estimate of drug-likeness (QED) is 0.843. The predicted octanol–water partition coefficient (Wildman–Crippen LogP) is 0.584. The van der Waals surface area contributed by atoms with Crippen LogP contribution < -0.4 is 16.6 Å². The second-order valence-corrected chi connectivity index (χ2v) is 4.19. The molecule has 0 unspecified atom stereocenters. The van der Waals surface area contributed by atoms with E-state index in [1.54, 1.807) is 19.4 Å². The van der Waals surface area contributed by atoms with Crippen molar-refractivity contribution in [3.8, 4) is 0 Å². The van der Waals surface area contributed by atoms with Gasteiger partial charge in [0.05, 0.1) is 6.54 Å². The number of aryl methyl sites for hydroxylation is 1. The molecule has 0 saturated carbocycles. The molecule has 2 aromatic rings. The highest BCUT2D eigenvalue weighted by molar-refractivity contribution is 5.36. The number of nitrogens with one attached hydrogen (secondary N) is 2. The van der Waals surface area contributed by atoms with Gasteiger partial charge in [0.15, 0.2) is 0 Å². The molecule has 2 aromatic heterocycles. The number of nitrogens with zero attached hydrogens (tertiary/aromatic N) is 2. The van der Waals surface area contributed by atoms with Crippen molar-refractivity contribution in [2.45, 2.75) is 19.9 Å². The van der Waals surface area contributed by atoms with E-state index in [0.717, 1.165) is 11.4 Å². The smallest absolute Gasteiger partial charge is 0.328 e. The van der Waals surface area contributed by atoms with Gasteiger partial charge in [0, 0.05) is 25.0 Å². The zero-order valence-corrected chi connectivity index (χ0v) is 10.9. The van der Waals surface area contributed by atoms with E-state index >= 15 is 0 Å². The molecular formula is C13H16N4O2. The van der Waals surface area contributed by atoms with E-state index in [0.29, 0.717) is 18.5 Å². The standard InChI is InChI=1S/C13H16N4O2/c1-3-10-8-17(13(19)16-12(10)18)7-9-4-5-15-11(6-9)14-2/h4-6,8H,3,7H2,1-2H3,(H,14,15)(H,16,18,19). The molecule has 0 radical (unpaired) electrons. The minimum absolute atomic E-state index is 0.311. The molecule has 19 heavy (non-hydrogen) atoms. The molecular weight excluding hydrogens is 244 g/mol. The molecule has 0 aliphatic rings. The van der Waals surface area contributed by atoms with Crippen LogP contribution in [-0.2, 0) is 13.0 Å². The molecule has 0 spiro atoms. The van der Waals surface area contributed by atoms with Gasteiger partial charge in [0.25, 0.3) is 5.56 Å². The van der Waals surface area contributed by atoms with E-state index in [4.69, 9.17) is 0 Å². The summed E-state index contributed by atoms with van der Waals surface area (Å²) in [5.74, 6) is 0.741. The summed E-state index contributed by atoms with van der Waals surface area (Å²) in [6.07, 6.45) is 3.88. The molecule has 0 atom stereocenters. The zero-order chi connectivity index (χ0) is 13.8. The Morgan fingerprint density at radius 3 is 2.89 bits per heavy atom. The van der Waals surface area contributed by atoms with Crippen LogP contribution in [0.5, 0.6) is 0 Å². The highest BCUT2D eigenvalue weighted by atomic mass is 16.2. The van der Waals surface area contributed by atoms with Gasteiger partial charge in [-0.2, -0.15) is 0 Å². The Morgan fingerprint density at radius 2 is 2.21 bits per heavy atom. The molecule has 0 amide bonds. The maximum Gasteiger partial charge on any atom is 0.328 e. The van der Waals surface area contributed by atoms with Gasteiger partial charge in [-0.25, -0.2) is 9.78 Å². The summed E-state index contributed by atoms with van der Waals surface area (Å²) in [6.45, 7) is 2.28. The maximum absolute atomic E-state index is 11.7. The minimum Gasteiger partial charge on any atom is -0.373 e. The molecule has 6 nitrogen and oxygen atoms in total. The van der Waals surface area contributed by atoms with Gasteiger partial charge in [-0.1, -0.05) is 6.92 Å². The van der Waals surface area contributed by atoms with Crippen LogP contribution >= 0.6 is 0 Å². The van der Waals surface area contributed by atoms with E-state index in [1.807, 2.05) is 19.1 Å². The molecule has 2 rings (SSSR count). The fourth-order valence-corrected chi connectivity index (χ4v) is 1.83. The van der Waals surface area contributed by atoms with Crippen LogP contribution in [0.3, 0.4) is 0 Å². The second kappa shape index (κ2) is 5.51. The third-order valence-electron chi connectivity index (χ3n) is 2.90. The monoisotopic (exact) mass is 260 g/mol. The minimum atomic E-state index is -0.398. The first-order valence-corrected chi connectivity index (χ1v) is 6.09. The topological polar surface area (TPSA) is 79.8 Å². The Hall–Kier alpha value is -2.37. The lowest BCUT2D eigenvalue weighted by atomic mass is 10.2. The molecule has 0 aliphatic carbocycles. The number of H-pyrrole nitrogens is 1. The summed E-state index contributed by atoms with van der Waals surface area (Å²) < 4.78 is 1.50. The van der Waals surface area contributed by atoms with Gasteiger partial charge in [0.1, 0.15) is 5.82 Å². The van der Waals surface area contributed by atoms with Crippen molar-refractivity contribution in [1.82, 2.24) is 14.5 Å². The lowest BCUT2D eigenvalue weighted by molar-refractivity contribution is 0.707. The Kier molecular flexibility index (Phi) is 3.79. The summed E-state index contributed by atoms with van der Waals surface area (Å²) >= 11 is 0. The number of anilines is 1. The SMILES string of the molecule is CCc1cn(Cc2ccnc(NC)c2)c(=O)[nH]c1=O. The van der Waals surface area contributed by atoms with Crippen LogP contribution in [0.4, 0.5) is 5.82 Å². The molecule has 2 N–H and O–H groups in total. The van der Waals surface area contributed by atoms with E-state index in [-0.39, 0.29) is 5.56 Å². The summed E-state index contributed by atoms with van der Waals surface area (Å²) in [7, 11) is 1.79. The van der Waals surface area contributed by atoms with Crippen molar-refractivity contribution in [2.24, 2.45) is 0 Å². The van der Waals surface area contributed by atoms with Crippen LogP contribution in [0.1, 0.15) is 18.1 Å². The summed E-state index contributed by atoms with van der Waals surface area (Å²) in [4.78, 5) is 29.7. The van der Waals surface area contributed by atoms with Crippen LogP contribution in [-0.4, -0.2) is 21.6 Å². The number of rotatable bonds is 4.